The predicted molar refractivity (Wildman–Crippen MR) is 132 cm³/mol. The molecule has 0 bridgehead atoms. The number of aromatic nitrogens is 3. The number of imidazole rings is 1. The van der Waals surface area contributed by atoms with Gasteiger partial charge in [0.15, 0.2) is 0 Å². The highest BCUT2D eigenvalue weighted by atomic mass is 32.1. The zero-order valence-corrected chi connectivity index (χ0v) is 19.6. The quantitative estimate of drug-likeness (QED) is 0.443. The van der Waals surface area contributed by atoms with Crippen molar-refractivity contribution in [3.63, 3.8) is 0 Å². The van der Waals surface area contributed by atoms with E-state index in [1.807, 2.05) is 47.1 Å². The second kappa shape index (κ2) is 9.23. The number of amides is 1. The van der Waals surface area contributed by atoms with E-state index >= 15 is 0 Å². The summed E-state index contributed by atoms with van der Waals surface area (Å²) in [6.07, 6.45) is 4.79. The van der Waals surface area contributed by atoms with E-state index in [9.17, 15) is 4.79 Å². The van der Waals surface area contributed by atoms with Crippen molar-refractivity contribution in [1.29, 1.82) is 0 Å². The van der Waals surface area contributed by atoms with E-state index in [-0.39, 0.29) is 11.8 Å². The molecular formula is C25H27N5O2S. The van der Waals surface area contributed by atoms with Gasteiger partial charge in [0.05, 0.1) is 24.9 Å². The maximum atomic E-state index is 12.9. The standard InChI is InChI=1S/C25H27N5O2S/c1-3-17-6-10-20(11-7-17)26-23(31)19-5-4-14-29(15-19)25-28-30-16-22(27-24(30)33-25)18-8-12-21(32-2)13-9-18/h6-13,16,19H,3-5,14-15H2,1-2H3,(H,26,31). The van der Waals surface area contributed by atoms with E-state index in [1.165, 1.54) is 5.56 Å². The molecule has 3 heterocycles. The maximum Gasteiger partial charge on any atom is 0.229 e. The molecule has 4 aromatic rings. The van der Waals surface area contributed by atoms with Crippen molar-refractivity contribution >= 4 is 33.0 Å². The summed E-state index contributed by atoms with van der Waals surface area (Å²) in [6, 6.07) is 15.9. The Morgan fingerprint density at radius 2 is 1.97 bits per heavy atom. The van der Waals surface area contributed by atoms with Crippen LogP contribution in [0.4, 0.5) is 10.8 Å². The summed E-state index contributed by atoms with van der Waals surface area (Å²) < 4.78 is 7.06. The van der Waals surface area contributed by atoms with Gasteiger partial charge in [-0.25, -0.2) is 9.50 Å². The van der Waals surface area contributed by atoms with Crippen LogP contribution in [0.5, 0.6) is 5.75 Å². The lowest BCUT2D eigenvalue weighted by atomic mass is 9.97. The fourth-order valence-electron chi connectivity index (χ4n) is 4.15. The molecule has 170 valence electrons. The topological polar surface area (TPSA) is 71.8 Å². The SMILES string of the molecule is CCc1ccc(NC(=O)C2CCCN(c3nn4cc(-c5ccc(OC)cc5)nc4s3)C2)cc1. The molecule has 2 aromatic carbocycles. The Morgan fingerprint density at radius 3 is 2.67 bits per heavy atom. The number of rotatable bonds is 6. The van der Waals surface area contributed by atoms with Crippen molar-refractivity contribution in [2.45, 2.75) is 26.2 Å². The third-order valence-electron chi connectivity index (χ3n) is 6.11. The van der Waals surface area contributed by atoms with Crippen LogP contribution in [0.15, 0.2) is 54.7 Å². The van der Waals surface area contributed by atoms with Gasteiger partial charge in [-0.2, -0.15) is 0 Å². The summed E-state index contributed by atoms with van der Waals surface area (Å²) in [6.45, 7) is 3.69. The average molecular weight is 462 g/mol. The number of hydrogen-bond acceptors (Lipinski definition) is 6. The van der Waals surface area contributed by atoms with E-state index in [1.54, 1.807) is 18.4 Å². The van der Waals surface area contributed by atoms with E-state index in [0.29, 0.717) is 6.54 Å². The van der Waals surface area contributed by atoms with Crippen LogP contribution < -0.4 is 15.0 Å². The number of carbonyl (C=O) groups is 1. The van der Waals surface area contributed by atoms with Gasteiger partial charge in [0.2, 0.25) is 16.0 Å². The summed E-state index contributed by atoms with van der Waals surface area (Å²) >= 11 is 1.56. The number of fused-ring (bicyclic) bond motifs is 1. The molecule has 0 aliphatic carbocycles. The van der Waals surface area contributed by atoms with E-state index in [2.05, 4.69) is 29.3 Å². The second-order valence-electron chi connectivity index (χ2n) is 8.29. The first-order valence-corrected chi connectivity index (χ1v) is 12.1. The van der Waals surface area contributed by atoms with Crippen LogP contribution in [-0.2, 0) is 11.2 Å². The molecule has 0 radical (unpaired) electrons. The number of nitrogens with one attached hydrogen (secondary N) is 1. The van der Waals surface area contributed by atoms with Gasteiger partial charge in [0, 0.05) is 24.3 Å². The number of piperidine rings is 1. The summed E-state index contributed by atoms with van der Waals surface area (Å²) in [4.78, 5) is 20.7. The highest BCUT2D eigenvalue weighted by Gasteiger charge is 2.28. The first kappa shape index (κ1) is 21.5. The fraction of sp³-hybridized carbons (Fsp3) is 0.320. The van der Waals surface area contributed by atoms with Crippen molar-refractivity contribution in [2.75, 3.05) is 30.4 Å². The Balaban J connectivity index is 1.26. The molecule has 1 saturated heterocycles. The first-order valence-electron chi connectivity index (χ1n) is 11.3. The molecule has 1 aliphatic rings. The number of methoxy groups -OCH3 is 1. The lowest BCUT2D eigenvalue weighted by Crippen LogP contribution is -2.40. The van der Waals surface area contributed by atoms with Gasteiger partial charge in [0.25, 0.3) is 0 Å². The Bertz CT molecular complexity index is 1210. The number of carbonyl (C=O) groups excluding carboxylic acids is 1. The Morgan fingerprint density at radius 1 is 1.18 bits per heavy atom. The summed E-state index contributed by atoms with van der Waals surface area (Å²) in [5.74, 6) is 0.838. The molecule has 2 aromatic heterocycles. The van der Waals surface area contributed by atoms with Gasteiger partial charge in [0.1, 0.15) is 5.75 Å². The molecule has 1 aliphatic heterocycles. The van der Waals surface area contributed by atoms with Crippen LogP contribution in [0.3, 0.4) is 0 Å². The lowest BCUT2D eigenvalue weighted by molar-refractivity contribution is -0.120. The van der Waals surface area contributed by atoms with Crippen molar-refractivity contribution in [2.24, 2.45) is 5.92 Å². The van der Waals surface area contributed by atoms with Crippen LogP contribution in [0.25, 0.3) is 16.2 Å². The van der Waals surface area contributed by atoms with Gasteiger partial charge >= 0.3 is 0 Å². The van der Waals surface area contributed by atoms with E-state index < -0.39 is 0 Å². The van der Waals surface area contributed by atoms with Gasteiger partial charge < -0.3 is 15.0 Å². The van der Waals surface area contributed by atoms with Gasteiger partial charge in [-0.3, -0.25) is 4.79 Å². The molecule has 8 heteroatoms. The van der Waals surface area contributed by atoms with Crippen molar-refractivity contribution in [1.82, 2.24) is 14.6 Å². The fourth-order valence-corrected chi connectivity index (χ4v) is 5.07. The van der Waals surface area contributed by atoms with Gasteiger partial charge in [-0.05, 0) is 61.2 Å². The molecule has 1 fully saturated rings. The highest BCUT2D eigenvalue weighted by molar-refractivity contribution is 7.20. The van der Waals surface area contributed by atoms with Crippen LogP contribution >= 0.6 is 11.3 Å². The minimum atomic E-state index is -0.0596. The maximum absolute atomic E-state index is 12.9. The summed E-state index contributed by atoms with van der Waals surface area (Å²) in [5.41, 5.74) is 4.03. The van der Waals surface area contributed by atoms with Crippen LogP contribution in [-0.4, -0.2) is 40.7 Å². The first-order chi connectivity index (χ1) is 16.1. The molecule has 33 heavy (non-hydrogen) atoms. The number of anilines is 2. The average Bonchev–Trinajstić information content (AvgIpc) is 3.44. The zero-order valence-electron chi connectivity index (χ0n) is 18.8. The highest BCUT2D eigenvalue weighted by Crippen LogP contribution is 2.30. The Kier molecular flexibility index (Phi) is 6.00. The molecule has 1 unspecified atom stereocenters. The number of aryl methyl sites for hydroxylation is 1. The van der Waals surface area contributed by atoms with Crippen molar-refractivity contribution < 1.29 is 9.53 Å². The smallest absolute Gasteiger partial charge is 0.229 e. The third-order valence-corrected chi connectivity index (χ3v) is 7.09. The monoisotopic (exact) mass is 461 g/mol. The second-order valence-corrected chi connectivity index (χ2v) is 9.23. The Labute approximate surface area is 197 Å². The van der Waals surface area contributed by atoms with Crippen molar-refractivity contribution in [3.05, 3.63) is 60.3 Å². The normalized spacial score (nSPS) is 16.2. The molecule has 0 saturated carbocycles. The minimum absolute atomic E-state index is 0.0596. The number of hydrogen-bond donors (Lipinski definition) is 1. The van der Waals surface area contributed by atoms with Gasteiger partial charge in [-0.1, -0.05) is 30.4 Å². The molecule has 1 N–H and O–H groups in total. The number of benzene rings is 2. The largest absolute Gasteiger partial charge is 0.497 e. The van der Waals surface area contributed by atoms with Crippen molar-refractivity contribution in [3.8, 4) is 17.0 Å². The molecule has 7 nitrogen and oxygen atoms in total. The number of nitrogens with zero attached hydrogens (tertiary/aromatic N) is 4. The van der Waals surface area contributed by atoms with Crippen LogP contribution in [0.1, 0.15) is 25.3 Å². The van der Waals surface area contributed by atoms with Crippen LogP contribution in [0.2, 0.25) is 0 Å². The molecule has 0 spiro atoms. The lowest BCUT2D eigenvalue weighted by Gasteiger charge is -2.31. The third kappa shape index (κ3) is 4.57. The summed E-state index contributed by atoms with van der Waals surface area (Å²) in [5, 5.41) is 8.74. The molecule has 5 rings (SSSR count). The predicted octanol–water partition coefficient (Wildman–Crippen LogP) is 4.88. The minimum Gasteiger partial charge on any atom is -0.497 e. The van der Waals surface area contributed by atoms with E-state index in [0.717, 1.165) is 58.6 Å². The molecule has 1 atom stereocenters. The Hall–Kier alpha value is -3.39. The zero-order chi connectivity index (χ0) is 22.8. The molecular weight excluding hydrogens is 434 g/mol. The van der Waals surface area contributed by atoms with Gasteiger partial charge in [-0.15, -0.1) is 5.10 Å². The molecule has 1 amide bonds. The summed E-state index contributed by atoms with van der Waals surface area (Å²) in [7, 11) is 1.66. The van der Waals surface area contributed by atoms with Crippen LogP contribution in [0, 0.1) is 5.92 Å². The number of ether oxygens (including phenoxy) is 1. The van der Waals surface area contributed by atoms with E-state index in [4.69, 9.17) is 14.8 Å².